The van der Waals surface area contributed by atoms with Gasteiger partial charge < -0.3 is 10.1 Å². The van der Waals surface area contributed by atoms with Crippen molar-refractivity contribution in [1.82, 2.24) is 5.32 Å². The van der Waals surface area contributed by atoms with Gasteiger partial charge in [0.05, 0.1) is 11.0 Å². The quantitative estimate of drug-likeness (QED) is 0.523. The molecule has 114 valence electrons. The van der Waals surface area contributed by atoms with E-state index in [-0.39, 0.29) is 17.0 Å². The molecule has 0 saturated carbocycles. The van der Waals surface area contributed by atoms with Crippen LogP contribution < -0.4 is 5.32 Å². The van der Waals surface area contributed by atoms with Crippen molar-refractivity contribution in [1.29, 1.82) is 0 Å². The minimum atomic E-state index is -0.790. The van der Waals surface area contributed by atoms with Crippen LogP contribution >= 0.6 is 0 Å². The average molecular weight is 294 g/mol. The summed E-state index contributed by atoms with van der Waals surface area (Å²) >= 11 is 0. The molecule has 0 bridgehead atoms. The van der Waals surface area contributed by atoms with Crippen LogP contribution in [0.5, 0.6) is 0 Å². The minimum Gasteiger partial charge on any atom is -0.444 e. The van der Waals surface area contributed by atoms with Crippen molar-refractivity contribution in [2.24, 2.45) is 0 Å². The third-order valence-electron chi connectivity index (χ3n) is 2.49. The summed E-state index contributed by atoms with van der Waals surface area (Å²) in [5.74, 6) is -0.351. The highest BCUT2D eigenvalue weighted by Crippen LogP contribution is 2.13. The molecule has 1 atom stereocenters. The summed E-state index contributed by atoms with van der Waals surface area (Å²) in [4.78, 5) is 33.7. The third kappa shape index (κ3) is 5.21. The SMILES string of the molecule is C[C@@H](NC(=O)OC(C)(C)C)C(=O)c1ccc([N+](=O)[O-])cc1. The van der Waals surface area contributed by atoms with E-state index in [4.69, 9.17) is 4.74 Å². The molecule has 0 fully saturated rings. The van der Waals surface area contributed by atoms with Gasteiger partial charge in [-0.2, -0.15) is 0 Å². The Bertz CT molecular complexity index is 545. The second kappa shape index (κ2) is 6.34. The number of nitro benzene ring substituents is 1. The Morgan fingerprint density at radius 3 is 2.19 bits per heavy atom. The van der Waals surface area contributed by atoms with Crippen molar-refractivity contribution in [2.45, 2.75) is 39.3 Å². The summed E-state index contributed by atoms with van der Waals surface area (Å²) < 4.78 is 5.05. The summed E-state index contributed by atoms with van der Waals surface area (Å²) in [5, 5.41) is 13.0. The van der Waals surface area contributed by atoms with E-state index >= 15 is 0 Å². The Hall–Kier alpha value is -2.44. The second-order valence-corrected chi connectivity index (χ2v) is 5.54. The Kier molecular flexibility index (Phi) is 5.02. The molecule has 1 rings (SSSR count). The lowest BCUT2D eigenvalue weighted by atomic mass is 10.1. The van der Waals surface area contributed by atoms with Gasteiger partial charge in [0.2, 0.25) is 0 Å². The Labute approximate surface area is 122 Å². The van der Waals surface area contributed by atoms with E-state index in [0.29, 0.717) is 0 Å². The summed E-state index contributed by atoms with van der Waals surface area (Å²) in [6.45, 7) is 6.67. The number of carbonyl (C=O) groups excluding carboxylic acids is 2. The lowest BCUT2D eigenvalue weighted by Crippen LogP contribution is -2.41. The van der Waals surface area contributed by atoms with E-state index in [1.807, 2.05) is 0 Å². The molecule has 1 amide bonds. The van der Waals surface area contributed by atoms with Gasteiger partial charge in [-0.25, -0.2) is 4.79 Å². The first kappa shape index (κ1) is 16.6. The topological polar surface area (TPSA) is 98.5 Å². The number of nitrogens with one attached hydrogen (secondary N) is 1. The van der Waals surface area contributed by atoms with Gasteiger partial charge in [0.1, 0.15) is 5.60 Å². The monoisotopic (exact) mass is 294 g/mol. The molecule has 0 spiro atoms. The van der Waals surface area contributed by atoms with Crippen molar-refractivity contribution in [2.75, 3.05) is 0 Å². The molecule has 1 aromatic carbocycles. The van der Waals surface area contributed by atoms with E-state index in [9.17, 15) is 19.7 Å². The van der Waals surface area contributed by atoms with Crippen LogP contribution in [0.2, 0.25) is 0 Å². The number of carbonyl (C=O) groups is 2. The number of rotatable bonds is 4. The number of ketones is 1. The Morgan fingerprint density at radius 1 is 1.24 bits per heavy atom. The van der Waals surface area contributed by atoms with Gasteiger partial charge in [0.15, 0.2) is 5.78 Å². The zero-order valence-corrected chi connectivity index (χ0v) is 12.4. The molecule has 21 heavy (non-hydrogen) atoms. The second-order valence-electron chi connectivity index (χ2n) is 5.54. The normalized spacial score (nSPS) is 12.4. The maximum Gasteiger partial charge on any atom is 0.408 e. The van der Waals surface area contributed by atoms with Crippen LogP contribution in [0.15, 0.2) is 24.3 Å². The van der Waals surface area contributed by atoms with Crippen molar-refractivity contribution in [3.8, 4) is 0 Å². The van der Waals surface area contributed by atoms with Crippen molar-refractivity contribution >= 4 is 17.6 Å². The van der Waals surface area contributed by atoms with Gasteiger partial charge in [0.25, 0.3) is 5.69 Å². The Morgan fingerprint density at radius 2 is 1.76 bits per heavy atom. The van der Waals surface area contributed by atoms with Gasteiger partial charge in [-0.15, -0.1) is 0 Å². The number of hydrogen-bond donors (Lipinski definition) is 1. The number of alkyl carbamates (subject to hydrolysis) is 1. The first-order valence-electron chi connectivity index (χ1n) is 6.38. The number of Topliss-reactive ketones (excluding diaryl/α,β-unsaturated/α-hetero) is 1. The standard InChI is InChI=1S/C14H18N2O5/c1-9(15-13(18)21-14(2,3)4)12(17)10-5-7-11(8-6-10)16(19)20/h5-9H,1-4H3,(H,15,18)/t9-/m1/s1. The molecule has 0 aromatic heterocycles. The predicted octanol–water partition coefficient (Wildman–Crippen LogP) is 2.69. The molecule has 0 aliphatic rings. The van der Waals surface area contributed by atoms with E-state index in [0.717, 1.165) is 0 Å². The van der Waals surface area contributed by atoms with Crippen LogP contribution in [-0.2, 0) is 4.74 Å². The number of ether oxygens (including phenoxy) is 1. The molecule has 1 aromatic rings. The van der Waals surface area contributed by atoms with Crippen molar-refractivity contribution in [3.05, 3.63) is 39.9 Å². The summed E-state index contributed by atoms with van der Waals surface area (Å²) in [7, 11) is 0. The predicted molar refractivity (Wildman–Crippen MR) is 76.3 cm³/mol. The zero-order valence-electron chi connectivity index (χ0n) is 12.4. The molecule has 0 radical (unpaired) electrons. The van der Waals surface area contributed by atoms with Gasteiger partial charge in [-0.1, -0.05) is 0 Å². The van der Waals surface area contributed by atoms with Gasteiger partial charge >= 0.3 is 6.09 Å². The number of hydrogen-bond acceptors (Lipinski definition) is 5. The van der Waals surface area contributed by atoms with Crippen LogP contribution in [0.1, 0.15) is 38.1 Å². The zero-order chi connectivity index (χ0) is 16.2. The average Bonchev–Trinajstić information content (AvgIpc) is 2.35. The summed E-state index contributed by atoms with van der Waals surface area (Å²) in [5.41, 5.74) is -0.469. The van der Waals surface area contributed by atoms with E-state index in [1.165, 1.54) is 31.2 Å². The molecular weight excluding hydrogens is 276 g/mol. The first-order valence-corrected chi connectivity index (χ1v) is 6.38. The largest absolute Gasteiger partial charge is 0.444 e. The number of nitrogens with zero attached hydrogens (tertiary/aromatic N) is 1. The maximum absolute atomic E-state index is 12.1. The number of nitro groups is 1. The molecule has 7 nitrogen and oxygen atoms in total. The van der Waals surface area contributed by atoms with Crippen LogP contribution in [0.25, 0.3) is 0 Å². The lowest BCUT2D eigenvalue weighted by molar-refractivity contribution is -0.384. The molecule has 0 heterocycles. The molecule has 1 N–H and O–H groups in total. The maximum atomic E-state index is 12.1. The fraction of sp³-hybridized carbons (Fsp3) is 0.429. The molecule has 0 unspecified atom stereocenters. The van der Waals surface area contributed by atoms with E-state index in [2.05, 4.69) is 5.32 Å². The number of amides is 1. The van der Waals surface area contributed by atoms with Gasteiger partial charge in [-0.05, 0) is 39.8 Å². The highest BCUT2D eigenvalue weighted by molar-refractivity contribution is 6.01. The fourth-order valence-electron chi connectivity index (χ4n) is 1.55. The van der Waals surface area contributed by atoms with Crippen LogP contribution in [-0.4, -0.2) is 28.4 Å². The lowest BCUT2D eigenvalue weighted by Gasteiger charge is -2.21. The van der Waals surface area contributed by atoms with Gasteiger partial charge in [-0.3, -0.25) is 14.9 Å². The first-order chi connectivity index (χ1) is 9.60. The van der Waals surface area contributed by atoms with Crippen LogP contribution in [0, 0.1) is 10.1 Å². The molecule has 0 aliphatic carbocycles. The highest BCUT2D eigenvalue weighted by Gasteiger charge is 2.22. The molecule has 0 aliphatic heterocycles. The molecule has 0 saturated heterocycles. The Balaban J connectivity index is 2.70. The minimum absolute atomic E-state index is 0.0979. The number of non-ortho nitro benzene ring substituents is 1. The summed E-state index contributed by atoms with van der Waals surface area (Å²) in [6, 6.07) is 4.41. The van der Waals surface area contributed by atoms with Gasteiger partial charge in [0, 0.05) is 17.7 Å². The van der Waals surface area contributed by atoms with E-state index < -0.39 is 22.7 Å². The van der Waals surface area contributed by atoms with Crippen molar-refractivity contribution in [3.63, 3.8) is 0 Å². The van der Waals surface area contributed by atoms with E-state index in [1.54, 1.807) is 20.8 Å². The smallest absolute Gasteiger partial charge is 0.408 e. The van der Waals surface area contributed by atoms with Crippen LogP contribution in [0.3, 0.4) is 0 Å². The molecular formula is C14H18N2O5. The van der Waals surface area contributed by atoms with Crippen molar-refractivity contribution < 1.29 is 19.2 Å². The fourth-order valence-corrected chi connectivity index (χ4v) is 1.55. The molecule has 7 heteroatoms. The number of benzene rings is 1. The highest BCUT2D eigenvalue weighted by atomic mass is 16.6. The van der Waals surface area contributed by atoms with Crippen LogP contribution in [0.4, 0.5) is 10.5 Å². The third-order valence-corrected chi connectivity index (χ3v) is 2.49. The summed E-state index contributed by atoms with van der Waals surface area (Å²) in [6.07, 6.45) is -0.690.